The quantitative estimate of drug-likeness (QED) is 0.671. The van der Waals surface area contributed by atoms with Gasteiger partial charge >= 0.3 is 6.03 Å². The number of carbonyl (C=O) groups is 1. The normalized spacial score (nSPS) is 24.4. The van der Waals surface area contributed by atoms with Crippen molar-refractivity contribution in [3.05, 3.63) is 0 Å². The number of aliphatic hydroxyl groups is 1. The molecule has 1 aliphatic carbocycles. The first-order valence-electron chi connectivity index (χ1n) is 7.87. The molecular formula is C15H30N2O3. The second-order valence-electron chi connectivity index (χ2n) is 5.93. The summed E-state index contributed by atoms with van der Waals surface area (Å²) in [6.07, 6.45) is 4.14. The van der Waals surface area contributed by atoms with Crippen LogP contribution in [0.15, 0.2) is 0 Å². The average Bonchev–Trinajstić information content (AvgIpc) is 2.40. The van der Waals surface area contributed by atoms with Crippen LogP contribution in [-0.4, -0.2) is 42.5 Å². The monoisotopic (exact) mass is 286 g/mol. The summed E-state index contributed by atoms with van der Waals surface area (Å²) >= 11 is 0. The molecule has 1 rings (SSSR count). The number of carbonyl (C=O) groups excluding carboxylic acids is 1. The molecule has 20 heavy (non-hydrogen) atoms. The lowest BCUT2D eigenvalue weighted by atomic mass is 9.93. The lowest BCUT2D eigenvalue weighted by molar-refractivity contribution is 0.0255. The van der Waals surface area contributed by atoms with Crippen molar-refractivity contribution < 1.29 is 14.6 Å². The first kappa shape index (κ1) is 17.2. The van der Waals surface area contributed by atoms with Crippen LogP contribution in [-0.2, 0) is 4.74 Å². The Morgan fingerprint density at radius 1 is 1.30 bits per heavy atom. The highest BCUT2D eigenvalue weighted by atomic mass is 16.5. The molecule has 5 nitrogen and oxygen atoms in total. The van der Waals surface area contributed by atoms with Crippen LogP contribution in [0.3, 0.4) is 0 Å². The van der Waals surface area contributed by atoms with Gasteiger partial charge in [-0.05, 0) is 44.9 Å². The lowest BCUT2D eigenvalue weighted by Crippen LogP contribution is -2.45. The number of aliphatic hydroxyl groups excluding tert-OH is 1. The molecule has 0 aromatic heterocycles. The van der Waals surface area contributed by atoms with Crippen molar-refractivity contribution in [1.82, 2.24) is 10.6 Å². The standard InChI is InChI=1S/C15H30N2O3/c1-4-20-14(11(2)3)9-10-16-15(19)17-12-5-7-13(18)8-6-12/h11-14,18H,4-10H2,1-3H3,(H2,16,17,19). The van der Waals surface area contributed by atoms with Crippen LogP contribution < -0.4 is 10.6 Å². The molecule has 5 heteroatoms. The second kappa shape index (κ2) is 9.19. The van der Waals surface area contributed by atoms with E-state index in [1.54, 1.807) is 0 Å². The summed E-state index contributed by atoms with van der Waals surface area (Å²) in [4.78, 5) is 11.8. The summed E-state index contributed by atoms with van der Waals surface area (Å²) in [7, 11) is 0. The maximum atomic E-state index is 11.8. The summed E-state index contributed by atoms with van der Waals surface area (Å²) in [5.74, 6) is 0.458. The summed E-state index contributed by atoms with van der Waals surface area (Å²) in [6, 6.07) is 0.0941. The van der Waals surface area contributed by atoms with E-state index in [1.807, 2.05) is 6.92 Å². The maximum Gasteiger partial charge on any atom is 0.315 e. The van der Waals surface area contributed by atoms with Crippen molar-refractivity contribution in [3.63, 3.8) is 0 Å². The van der Waals surface area contributed by atoms with Crippen LogP contribution in [0.1, 0.15) is 52.9 Å². The van der Waals surface area contributed by atoms with Crippen LogP contribution in [0.2, 0.25) is 0 Å². The van der Waals surface area contributed by atoms with E-state index >= 15 is 0 Å². The Balaban J connectivity index is 2.16. The highest BCUT2D eigenvalue weighted by Crippen LogP contribution is 2.18. The number of rotatable bonds is 7. The lowest BCUT2D eigenvalue weighted by Gasteiger charge is -2.26. The smallest absolute Gasteiger partial charge is 0.315 e. The molecule has 0 bridgehead atoms. The molecule has 118 valence electrons. The van der Waals surface area contributed by atoms with E-state index in [4.69, 9.17) is 4.74 Å². The fourth-order valence-corrected chi connectivity index (χ4v) is 2.61. The molecule has 0 saturated heterocycles. The van der Waals surface area contributed by atoms with Crippen molar-refractivity contribution in [2.24, 2.45) is 5.92 Å². The van der Waals surface area contributed by atoms with E-state index in [1.165, 1.54) is 0 Å². The SMILES string of the molecule is CCOC(CCNC(=O)NC1CCC(O)CC1)C(C)C. The topological polar surface area (TPSA) is 70.6 Å². The summed E-state index contributed by atoms with van der Waals surface area (Å²) in [5.41, 5.74) is 0. The van der Waals surface area contributed by atoms with E-state index in [2.05, 4.69) is 24.5 Å². The first-order chi connectivity index (χ1) is 9.52. The average molecular weight is 286 g/mol. The fraction of sp³-hybridized carbons (Fsp3) is 0.933. The molecule has 2 amide bonds. The van der Waals surface area contributed by atoms with Gasteiger partial charge in [0.25, 0.3) is 0 Å². The first-order valence-corrected chi connectivity index (χ1v) is 7.87. The molecule has 1 atom stereocenters. The van der Waals surface area contributed by atoms with Gasteiger partial charge in [-0.15, -0.1) is 0 Å². The molecule has 0 heterocycles. The Bertz CT molecular complexity index is 276. The van der Waals surface area contributed by atoms with Crippen molar-refractivity contribution >= 4 is 6.03 Å². The van der Waals surface area contributed by atoms with Crippen LogP contribution in [0.5, 0.6) is 0 Å². The molecule has 0 radical (unpaired) electrons. The van der Waals surface area contributed by atoms with Gasteiger partial charge in [0.1, 0.15) is 0 Å². The van der Waals surface area contributed by atoms with Crippen molar-refractivity contribution in [2.75, 3.05) is 13.2 Å². The highest BCUT2D eigenvalue weighted by Gasteiger charge is 2.20. The van der Waals surface area contributed by atoms with Crippen molar-refractivity contribution in [3.8, 4) is 0 Å². The molecule has 1 saturated carbocycles. The van der Waals surface area contributed by atoms with E-state index in [-0.39, 0.29) is 24.3 Å². The van der Waals surface area contributed by atoms with E-state index in [9.17, 15) is 9.90 Å². The van der Waals surface area contributed by atoms with Gasteiger partial charge in [0, 0.05) is 19.2 Å². The number of hydrogen-bond donors (Lipinski definition) is 3. The van der Waals surface area contributed by atoms with Crippen LogP contribution >= 0.6 is 0 Å². The molecular weight excluding hydrogens is 256 g/mol. The Morgan fingerprint density at radius 2 is 1.95 bits per heavy atom. The summed E-state index contributed by atoms with van der Waals surface area (Å²) < 4.78 is 5.65. The molecule has 0 aliphatic heterocycles. The van der Waals surface area contributed by atoms with Gasteiger partial charge in [-0.25, -0.2) is 4.79 Å². The Labute approximate surface area is 122 Å². The van der Waals surface area contributed by atoms with E-state index in [0.717, 1.165) is 32.1 Å². The van der Waals surface area contributed by atoms with Gasteiger partial charge in [0.05, 0.1) is 12.2 Å². The Morgan fingerprint density at radius 3 is 2.50 bits per heavy atom. The minimum atomic E-state index is -0.186. The minimum absolute atomic E-state index is 0.106. The van der Waals surface area contributed by atoms with Crippen LogP contribution in [0, 0.1) is 5.92 Å². The third-order valence-electron chi connectivity index (χ3n) is 3.87. The van der Waals surface area contributed by atoms with Gasteiger partial charge in [-0.3, -0.25) is 0 Å². The number of ether oxygens (including phenoxy) is 1. The zero-order valence-corrected chi connectivity index (χ0v) is 13.0. The maximum absolute atomic E-state index is 11.8. The Kier molecular flexibility index (Phi) is 7.92. The number of urea groups is 1. The third-order valence-corrected chi connectivity index (χ3v) is 3.87. The Hall–Kier alpha value is -0.810. The van der Waals surface area contributed by atoms with Gasteiger partial charge in [-0.1, -0.05) is 13.8 Å². The minimum Gasteiger partial charge on any atom is -0.393 e. The van der Waals surface area contributed by atoms with Crippen molar-refractivity contribution in [1.29, 1.82) is 0 Å². The third kappa shape index (κ3) is 6.57. The molecule has 1 fully saturated rings. The predicted molar refractivity (Wildman–Crippen MR) is 79.7 cm³/mol. The number of amides is 2. The zero-order chi connectivity index (χ0) is 15.0. The van der Waals surface area contributed by atoms with Gasteiger partial charge in [-0.2, -0.15) is 0 Å². The van der Waals surface area contributed by atoms with Crippen LogP contribution in [0.4, 0.5) is 4.79 Å². The summed E-state index contributed by atoms with van der Waals surface area (Å²) in [6.45, 7) is 7.60. The molecule has 0 spiro atoms. The zero-order valence-electron chi connectivity index (χ0n) is 13.0. The van der Waals surface area contributed by atoms with Crippen LogP contribution in [0.25, 0.3) is 0 Å². The highest BCUT2D eigenvalue weighted by molar-refractivity contribution is 5.74. The molecule has 1 unspecified atom stereocenters. The van der Waals surface area contributed by atoms with Gasteiger partial charge in [0.2, 0.25) is 0 Å². The molecule has 0 aromatic rings. The van der Waals surface area contributed by atoms with Crippen molar-refractivity contribution in [2.45, 2.75) is 71.1 Å². The number of hydrogen-bond acceptors (Lipinski definition) is 3. The second-order valence-corrected chi connectivity index (χ2v) is 5.93. The largest absolute Gasteiger partial charge is 0.393 e. The molecule has 0 aromatic carbocycles. The number of nitrogens with one attached hydrogen (secondary N) is 2. The van der Waals surface area contributed by atoms with Gasteiger partial charge in [0.15, 0.2) is 0 Å². The molecule has 1 aliphatic rings. The predicted octanol–water partition coefficient (Wildman–Crippen LogP) is 2.04. The van der Waals surface area contributed by atoms with Gasteiger partial charge < -0.3 is 20.5 Å². The van der Waals surface area contributed by atoms with E-state index < -0.39 is 0 Å². The van der Waals surface area contributed by atoms with E-state index in [0.29, 0.717) is 19.1 Å². The fourth-order valence-electron chi connectivity index (χ4n) is 2.61. The summed E-state index contributed by atoms with van der Waals surface area (Å²) in [5, 5.41) is 15.3. The molecule has 3 N–H and O–H groups in total.